The van der Waals surface area contributed by atoms with Gasteiger partial charge in [0.1, 0.15) is 5.75 Å². The molecule has 0 saturated carbocycles. The summed E-state index contributed by atoms with van der Waals surface area (Å²) in [6.07, 6.45) is 0.575. The molecular weight excluding hydrogens is 446 g/mol. The molecular formula is C31H33N3O2. The lowest BCUT2D eigenvalue weighted by Gasteiger charge is -2.50. The molecule has 0 spiro atoms. The van der Waals surface area contributed by atoms with Crippen LogP contribution in [0.1, 0.15) is 12.0 Å². The zero-order valence-corrected chi connectivity index (χ0v) is 20.9. The predicted molar refractivity (Wildman–Crippen MR) is 145 cm³/mol. The molecule has 1 aliphatic rings. The second kappa shape index (κ2) is 11.0. The summed E-state index contributed by atoms with van der Waals surface area (Å²) in [5.74, 6) is -0.0259. The Labute approximate surface area is 214 Å². The minimum Gasteiger partial charge on any atom is -0.484 e. The van der Waals surface area contributed by atoms with E-state index in [9.17, 15) is 0 Å². The van der Waals surface area contributed by atoms with E-state index in [1.54, 1.807) is 0 Å². The van der Waals surface area contributed by atoms with Crippen molar-refractivity contribution in [3.05, 3.63) is 127 Å². The molecule has 184 valence electrons. The van der Waals surface area contributed by atoms with Crippen molar-refractivity contribution in [2.75, 3.05) is 25.6 Å². The minimum atomic E-state index is -0.864. The van der Waals surface area contributed by atoms with Gasteiger partial charge >= 0.3 is 0 Å². The Hall–Kier alpha value is -3.64. The summed E-state index contributed by atoms with van der Waals surface area (Å²) >= 11 is 0. The van der Waals surface area contributed by atoms with Crippen molar-refractivity contribution in [2.24, 2.45) is 0 Å². The molecule has 5 rings (SSSR count). The number of para-hydroxylation sites is 3. The van der Waals surface area contributed by atoms with Gasteiger partial charge in [-0.3, -0.25) is 9.91 Å². The molecule has 5 nitrogen and oxygen atoms in total. The summed E-state index contributed by atoms with van der Waals surface area (Å²) in [6.45, 7) is 1.22. The first-order valence-electron chi connectivity index (χ1n) is 12.4. The molecule has 2 atom stereocenters. The maximum Gasteiger partial charge on any atom is 0.235 e. The van der Waals surface area contributed by atoms with Gasteiger partial charge in [-0.25, -0.2) is 0 Å². The number of hydrazine groups is 1. The van der Waals surface area contributed by atoms with Crippen LogP contribution in [0, 0.1) is 0 Å². The summed E-state index contributed by atoms with van der Waals surface area (Å²) in [7, 11) is 4.14. The van der Waals surface area contributed by atoms with Gasteiger partial charge in [0.05, 0.1) is 18.0 Å². The number of ether oxygens (including phenoxy) is 2. The van der Waals surface area contributed by atoms with Crippen molar-refractivity contribution in [3.63, 3.8) is 0 Å². The van der Waals surface area contributed by atoms with Gasteiger partial charge in [-0.15, -0.1) is 0 Å². The van der Waals surface area contributed by atoms with Gasteiger partial charge < -0.3 is 9.47 Å². The Morgan fingerprint density at radius 2 is 1.22 bits per heavy atom. The number of hydrogen-bond donors (Lipinski definition) is 0. The molecule has 5 heteroatoms. The van der Waals surface area contributed by atoms with Crippen LogP contribution in [0.3, 0.4) is 0 Å². The quantitative estimate of drug-likeness (QED) is 0.262. The van der Waals surface area contributed by atoms with E-state index in [-0.39, 0.29) is 6.10 Å². The molecule has 36 heavy (non-hydrogen) atoms. The standard InChI is InChI=1S/C31H33N3O2/c1-32(2)31(35-25-26-15-7-3-8-16-26)30(36-29-21-13-6-14-22-29)23-24-33(31)34(27-17-9-4-10-18-27)28-19-11-5-12-20-28/h3-22,30H,23-25H2,1-2H3. The van der Waals surface area contributed by atoms with Crippen molar-refractivity contribution in [1.82, 2.24) is 9.91 Å². The molecule has 0 amide bonds. The van der Waals surface area contributed by atoms with Crippen molar-refractivity contribution >= 4 is 11.4 Å². The van der Waals surface area contributed by atoms with Gasteiger partial charge in [-0.2, -0.15) is 5.01 Å². The molecule has 1 aliphatic heterocycles. The van der Waals surface area contributed by atoms with E-state index in [4.69, 9.17) is 9.47 Å². The van der Waals surface area contributed by atoms with E-state index >= 15 is 0 Å². The molecule has 0 aliphatic carbocycles. The van der Waals surface area contributed by atoms with Crippen molar-refractivity contribution in [3.8, 4) is 5.75 Å². The monoisotopic (exact) mass is 479 g/mol. The van der Waals surface area contributed by atoms with Crippen molar-refractivity contribution < 1.29 is 9.47 Å². The van der Waals surface area contributed by atoms with Crippen LogP contribution < -0.4 is 9.75 Å². The van der Waals surface area contributed by atoms with Crippen LogP contribution >= 0.6 is 0 Å². The SMILES string of the molecule is CN(C)C1(OCc2ccccc2)C(Oc2ccccc2)CCN1N(c1ccccc1)c1ccccc1. The molecule has 0 N–H and O–H groups in total. The molecule has 0 radical (unpaired) electrons. The number of rotatable bonds is 9. The summed E-state index contributed by atoms with van der Waals surface area (Å²) in [4.78, 5) is 2.15. The first kappa shape index (κ1) is 24.1. The van der Waals surface area contributed by atoms with E-state index in [0.29, 0.717) is 6.61 Å². The lowest BCUT2D eigenvalue weighted by molar-refractivity contribution is -0.257. The first-order chi connectivity index (χ1) is 17.7. The highest BCUT2D eigenvalue weighted by Crippen LogP contribution is 2.42. The van der Waals surface area contributed by atoms with Crippen molar-refractivity contribution in [1.29, 1.82) is 0 Å². The van der Waals surface area contributed by atoms with E-state index < -0.39 is 5.85 Å². The van der Waals surface area contributed by atoms with Crippen LogP contribution in [-0.2, 0) is 11.3 Å². The van der Waals surface area contributed by atoms with Gasteiger partial charge in [0.2, 0.25) is 5.85 Å². The van der Waals surface area contributed by atoms with E-state index in [1.807, 2.05) is 60.7 Å². The fraction of sp³-hybridized carbons (Fsp3) is 0.226. The van der Waals surface area contributed by atoms with E-state index in [0.717, 1.165) is 35.7 Å². The Morgan fingerprint density at radius 3 is 1.75 bits per heavy atom. The lowest BCUT2D eigenvalue weighted by Crippen LogP contribution is -2.66. The normalized spacial score (nSPS) is 19.9. The summed E-state index contributed by atoms with van der Waals surface area (Å²) in [5, 5.41) is 4.58. The first-order valence-corrected chi connectivity index (χ1v) is 12.4. The van der Waals surface area contributed by atoms with Crippen LogP contribution in [0.5, 0.6) is 5.75 Å². The second-order valence-corrected chi connectivity index (χ2v) is 9.14. The Balaban J connectivity index is 1.60. The fourth-order valence-corrected chi connectivity index (χ4v) is 4.94. The topological polar surface area (TPSA) is 28.2 Å². The molecule has 1 saturated heterocycles. The second-order valence-electron chi connectivity index (χ2n) is 9.14. The molecule has 1 fully saturated rings. The maximum absolute atomic E-state index is 6.94. The number of likely N-dealkylation sites (N-methyl/N-ethyl adjacent to an activating group) is 1. The number of nitrogens with zero attached hydrogens (tertiary/aromatic N) is 3. The third kappa shape index (κ3) is 4.86. The average Bonchev–Trinajstić information content (AvgIpc) is 3.28. The van der Waals surface area contributed by atoms with Gasteiger partial charge in [0.15, 0.2) is 6.10 Å². The van der Waals surface area contributed by atoms with Crippen LogP contribution in [-0.4, -0.2) is 42.5 Å². The predicted octanol–water partition coefficient (Wildman–Crippen LogP) is 6.33. The fourth-order valence-electron chi connectivity index (χ4n) is 4.94. The molecule has 0 aromatic heterocycles. The summed E-state index contributed by atoms with van der Waals surface area (Å²) < 4.78 is 13.6. The van der Waals surface area contributed by atoms with Crippen LogP contribution in [0.2, 0.25) is 0 Å². The highest BCUT2D eigenvalue weighted by Gasteiger charge is 2.56. The third-order valence-electron chi connectivity index (χ3n) is 6.59. The van der Waals surface area contributed by atoms with E-state index in [1.165, 1.54) is 0 Å². The Kier molecular flexibility index (Phi) is 7.33. The van der Waals surface area contributed by atoms with E-state index in [2.05, 4.69) is 89.7 Å². The Morgan fingerprint density at radius 1 is 0.722 bits per heavy atom. The number of anilines is 2. The van der Waals surface area contributed by atoms with Crippen molar-refractivity contribution in [2.45, 2.75) is 25.0 Å². The minimum absolute atomic E-state index is 0.228. The largest absolute Gasteiger partial charge is 0.484 e. The summed E-state index contributed by atoms with van der Waals surface area (Å²) in [6, 6.07) is 41.3. The average molecular weight is 480 g/mol. The van der Waals surface area contributed by atoms with Gasteiger partial charge in [0, 0.05) is 13.0 Å². The summed E-state index contributed by atoms with van der Waals surface area (Å²) in [5.41, 5.74) is 3.26. The van der Waals surface area contributed by atoms with Gasteiger partial charge in [0.25, 0.3) is 0 Å². The molecule has 2 unspecified atom stereocenters. The van der Waals surface area contributed by atoms with Gasteiger partial charge in [-0.1, -0.05) is 84.9 Å². The number of benzene rings is 4. The van der Waals surface area contributed by atoms with Gasteiger partial charge in [-0.05, 0) is 56.1 Å². The van der Waals surface area contributed by atoms with Crippen LogP contribution in [0.4, 0.5) is 11.4 Å². The number of hydrogen-bond acceptors (Lipinski definition) is 5. The molecule has 1 heterocycles. The molecule has 4 aromatic carbocycles. The molecule has 4 aromatic rings. The van der Waals surface area contributed by atoms with Crippen LogP contribution in [0.15, 0.2) is 121 Å². The maximum atomic E-state index is 6.94. The zero-order chi connectivity index (χ0) is 24.8. The molecule has 0 bridgehead atoms. The third-order valence-corrected chi connectivity index (χ3v) is 6.59. The lowest BCUT2D eigenvalue weighted by atomic mass is 10.2. The Bertz CT molecular complexity index is 1170. The zero-order valence-electron chi connectivity index (χ0n) is 20.9. The smallest absolute Gasteiger partial charge is 0.235 e. The highest BCUT2D eigenvalue weighted by molar-refractivity contribution is 5.62. The highest BCUT2D eigenvalue weighted by atomic mass is 16.6. The van der Waals surface area contributed by atoms with Crippen LogP contribution in [0.25, 0.3) is 0 Å².